The molecule has 0 bridgehead atoms. The molecule has 25 heavy (non-hydrogen) atoms. The summed E-state index contributed by atoms with van der Waals surface area (Å²) in [6, 6.07) is 8.68. The lowest BCUT2D eigenvalue weighted by atomic mass is 10.0. The van der Waals surface area contributed by atoms with Crippen LogP contribution in [0.1, 0.15) is 57.2 Å². The van der Waals surface area contributed by atoms with Gasteiger partial charge in [0.2, 0.25) is 0 Å². The van der Waals surface area contributed by atoms with Crippen LogP contribution in [0.4, 0.5) is 0 Å². The zero-order valence-corrected chi connectivity index (χ0v) is 16.7. The minimum Gasteiger partial charge on any atom is -0.363 e. The normalized spacial score (nSPS) is 21.3. The highest BCUT2D eigenvalue weighted by atomic mass is 32.1. The van der Waals surface area contributed by atoms with Crippen molar-refractivity contribution in [2.75, 3.05) is 13.1 Å². The summed E-state index contributed by atoms with van der Waals surface area (Å²) in [6.45, 7) is 11.1. The number of hydrogen-bond acceptors (Lipinski definition) is 1. The third-order valence-electron chi connectivity index (χ3n) is 5.86. The standard InChI is InChI=1S/C21H31N3S/c1-5-6-12-22-20(25)23-13-11-16-19(21(16,3)4)18-14(2)24-17-10-8-7-9-15(17)18/h7-10,16,19,24H,5-6,11-13H2,1-4H3,(H2,22,23,25)/t16-,19+/m0/s1. The molecule has 3 rings (SSSR count). The molecule has 0 saturated heterocycles. The highest BCUT2D eigenvalue weighted by molar-refractivity contribution is 7.80. The van der Waals surface area contributed by atoms with Gasteiger partial charge < -0.3 is 15.6 Å². The van der Waals surface area contributed by atoms with Gasteiger partial charge in [-0.15, -0.1) is 0 Å². The fraction of sp³-hybridized carbons (Fsp3) is 0.571. The quantitative estimate of drug-likeness (QED) is 0.489. The Morgan fingerprint density at radius 2 is 1.92 bits per heavy atom. The Labute approximate surface area is 157 Å². The number of unbranched alkanes of at least 4 members (excludes halogenated alkanes) is 1. The van der Waals surface area contributed by atoms with Gasteiger partial charge in [-0.2, -0.15) is 0 Å². The minimum absolute atomic E-state index is 0.356. The Morgan fingerprint density at radius 3 is 2.68 bits per heavy atom. The number of rotatable bonds is 7. The van der Waals surface area contributed by atoms with Gasteiger partial charge in [0.25, 0.3) is 0 Å². The molecule has 1 aromatic carbocycles. The summed E-state index contributed by atoms with van der Waals surface area (Å²) < 4.78 is 0. The first kappa shape index (κ1) is 18.2. The number of thiocarbonyl (C=S) groups is 1. The van der Waals surface area contributed by atoms with E-state index in [-0.39, 0.29) is 0 Å². The van der Waals surface area contributed by atoms with Gasteiger partial charge in [0.1, 0.15) is 0 Å². The summed E-state index contributed by atoms with van der Waals surface area (Å²) in [7, 11) is 0. The second-order valence-corrected chi connectivity index (χ2v) is 8.35. The van der Waals surface area contributed by atoms with Crippen LogP contribution in [-0.2, 0) is 0 Å². The van der Waals surface area contributed by atoms with E-state index in [2.05, 4.69) is 67.6 Å². The smallest absolute Gasteiger partial charge is 0.166 e. The van der Waals surface area contributed by atoms with Crippen molar-refractivity contribution in [1.29, 1.82) is 0 Å². The topological polar surface area (TPSA) is 39.8 Å². The number of aryl methyl sites for hydroxylation is 1. The van der Waals surface area contributed by atoms with Crippen molar-refractivity contribution in [2.45, 2.75) is 52.9 Å². The van der Waals surface area contributed by atoms with Crippen molar-refractivity contribution >= 4 is 28.2 Å². The lowest BCUT2D eigenvalue weighted by Crippen LogP contribution is -2.36. The van der Waals surface area contributed by atoms with Gasteiger partial charge >= 0.3 is 0 Å². The molecule has 0 spiro atoms. The number of para-hydroxylation sites is 1. The van der Waals surface area contributed by atoms with Gasteiger partial charge in [-0.05, 0) is 60.9 Å². The Kier molecular flexibility index (Phi) is 5.38. The van der Waals surface area contributed by atoms with Crippen LogP contribution in [0.25, 0.3) is 10.9 Å². The van der Waals surface area contributed by atoms with Gasteiger partial charge in [-0.25, -0.2) is 0 Å². The van der Waals surface area contributed by atoms with Crippen LogP contribution >= 0.6 is 12.2 Å². The fourth-order valence-corrected chi connectivity index (χ4v) is 4.54. The number of benzene rings is 1. The van der Waals surface area contributed by atoms with Crippen molar-refractivity contribution in [1.82, 2.24) is 15.6 Å². The average molecular weight is 358 g/mol. The molecule has 2 aromatic rings. The van der Waals surface area contributed by atoms with E-state index < -0.39 is 0 Å². The summed E-state index contributed by atoms with van der Waals surface area (Å²) >= 11 is 5.36. The van der Waals surface area contributed by atoms with Crippen molar-refractivity contribution in [3.63, 3.8) is 0 Å². The molecular formula is C21H31N3S. The van der Waals surface area contributed by atoms with Gasteiger partial charge in [-0.3, -0.25) is 0 Å². The largest absolute Gasteiger partial charge is 0.363 e. The molecule has 0 radical (unpaired) electrons. The van der Waals surface area contributed by atoms with Gasteiger partial charge in [0.05, 0.1) is 0 Å². The molecule has 1 aliphatic rings. The van der Waals surface area contributed by atoms with Crippen molar-refractivity contribution in [3.05, 3.63) is 35.5 Å². The van der Waals surface area contributed by atoms with Crippen LogP contribution < -0.4 is 10.6 Å². The number of fused-ring (bicyclic) bond motifs is 1. The van der Waals surface area contributed by atoms with Crippen LogP contribution in [-0.4, -0.2) is 23.2 Å². The monoisotopic (exact) mass is 357 g/mol. The molecule has 1 aromatic heterocycles. The number of aromatic amines is 1. The third-order valence-corrected chi connectivity index (χ3v) is 6.15. The summed E-state index contributed by atoms with van der Waals surface area (Å²) in [4.78, 5) is 3.56. The molecule has 1 heterocycles. The van der Waals surface area contributed by atoms with E-state index in [0.29, 0.717) is 17.3 Å². The molecule has 1 saturated carbocycles. The number of nitrogens with one attached hydrogen (secondary N) is 3. The second-order valence-electron chi connectivity index (χ2n) is 7.94. The molecule has 3 nitrogen and oxygen atoms in total. The summed E-state index contributed by atoms with van der Waals surface area (Å²) in [5.74, 6) is 1.34. The maximum atomic E-state index is 5.36. The van der Waals surface area contributed by atoms with Gasteiger partial charge in [-0.1, -0.05) is 45.4 Å². The molecule has 0 unspecified atom stereocenters. The molecule has 4 heteroatoms. The maximum Gasteiger partial charge on any atom is 0.166 e. The zero-order valence-electron chi connectivity index (χ0n) is 15.9. The van der Waals surface area contributed by atoms with Gasteiger partial charge in [0.15, 0.2) is 5.11 Å². The van der Waals surface area contributed by atoms with E-state index >= 15 is 0 Å². The predicted octanol–water partition coefficient (Wildman–Crippen LogP) is 4.87. The first-order valence-corrected chi connectivity index (χ1v) is 9.96. The van der Waals surface area contributed by atoms with E-state index in [1.165, 1.54) is 35.0 Å². The third kappa shape index (κ3) is 3.69. The molecule has 2 atom stereocenters. The number of aromatic nitrogens is 1. The highest BCUT2D eigenvalue weighted by Crippen LogP contribution is 2.67. The van der Waals surface area contributed by atoms with Crippen LogP contribution in [0.15, 0.2) is 24.3 Å². The SMILES string of the molecule is CCCCNC(=S)NCC[C@H]1[C@H](c2c(C)[nH]c3ccccc23)C1(C)C. The van der Waals surface area contributed by atoms with Crippen LogP contribution in [0.5, 0.6) is 0 Å². The van der Waals surface area contributed by atoms with E-state index in [0.717, 1.165) is 24.6 Å². The first-order chi connectivity index (χ1) is 12.0. The Balaban J connectivity index is 1.61. The number of H-pyrrole nitrogens is 1. The van der Waals surface area contributed by atoms with E-state index in [9.17, 15) is 0 Å². The predicted molar refractivity (Wildman–Crippen MR) is 111 cm³/mol. The molecule has 136 valence electrons. The fourth-order valence-electron chi connectivity index (χ4n) is 4.34. The molecule has 1 aliphatic carbocycles. The summed E-state index contributed by atoms with van der Waals surface area (Å²) in [6.07, 6.45) is 3.52. The van der Waals surface area contributed by atoms with Crippen LogP contribution in [0, 0.1) is 18.3 Å². The number of hydrogen-bond donors (Lipinski definition) is 3. The molecule has 0 aliphatic heterocycles. The molecule has 1 fully saturated rings. The van der Waals surface area contributed by atoms with E-state index in [1.807, 2.05) is 0 Å². The van der Waals surface area contributed by atoms with Crippen molar-refractivity contribution in [3.8, 4) is 0 Å². The minimum atomic E-state index is 0.356. The van der Waals surface area contributed by atoms with Crippen molar-refractivity contribution < 1.29 is 0 Å². The second kappa shape index (κ2) is 7.36. The maximum absolute atomic E-state index is 5.36. The van der Waals surface area contributed by atoms with Gasteiger partial charge in [0, 0.05) is 29.7 Å². The Hall–Kier alpha value is -1.55. The molecule has 0 amide bonds. The van der Waals surface area contributed by atoms with Crippen LogP contribution in [0.3, 0.4) is 0 Å². The molecule has 3 N–H and O–H groups in total. The lowest BCUT2D eigenvalue weighted by Gasteiger charge is -2.10. The Bertz CT molecular complexity index is 747. The highest BCUT2D eigenvalue weighted by Gasteiger charge is 2.58. The van der Waals surface area contributed by atoms with E-state index in [1.54, 1.807) is 0 Å². The molecular weight excluding hydrogens is 326 g/mol. The average Bonchev–Trinajstić information content (AvgIpc) is 2.94. The summed E-state index contributed by atoms with van der Waals surface area (Å²) in [5.41, 5.74) is 4.46. The van der Waals surface area contributed by atoms with E-state index in [4.69, 9.17) is 12.2 Å². The summed E-state index contributed by atoms with van der Waals surface area (Å²) in [5, 5.41) is 8.86. The lowest BCUT2D eigenvalue weighted by molar-refractivity contribution is 0.527. The van der Waals surface area contributed by atoms with Crippen molar-refractivity contribution in [2.24, 2.45) is 11.3 Å². The Morgan fingerprint density at radius 1 is 1.20 bits per heavy atom. The first-order valence-electron chi connectivity index (χ1n) is 9.55. The zero-order chi connectivity index (χ0) is 18.0. The van der Waals surface area contributed by atoms with Crippen LogP contribution in [0.2, 0.25) is 0 Å².